The molecule has 126 valence electrons. The number of hydrogen-bond donors (Lipinski definition) is 2. The molecular formula is C18H19NO5. The third-order valence-corrected chi connectivity index (χ3v) is 3.35. The average Bonchev–Trinajstić information content (AvgIpc) is 2.60. The maximum absolute atomic E-state index is 11.4. The third kappa shape index (κ3) is 4.49. The van der Waals surface area contributed by atoms with E-state index in [0.717, 1.165) is 5.56 Å². The van der Waals surface area contributed by atoms with Crippen LogP contribution in [0.15, 0.2) is 42.5 Å². The Kier molecular flexibility index (Phi) is 5.78. The van der Waals surface area contributed by atoms with Gasteiger partial charge in [-0.2, -0.15) is 0 Å². The summed E-state index contributed by atoms with van der Waals surface area (Å²) in [5.41, 5.74) is 1.83. The van der Waals surface area contributed by atoms with E-state index in [1.807, 2.05) is 6.07 Å². The van der Waals surface area contributed by atoms with Gasteiger partial charge in [0, 0.05) is 18.7 Å². The van der Waals surface area contributed by atoms with Gasteiger partial charge in [0.25, 0.3) is 0 Å². The van der Waals surface area contributed by atoms with Gasteiger partial charge in [-0.15, -0.1) is 0 Å². The van der Waals surface area contributed by atoms with Crippen LogP contribution in [0.1, 0.15) is 29.3 Å². The van der Waals surface area contributed by atoms with Gasteiger partial charge < -0.3 is 19.9 Å². The summed E-state index contributed by atoms with van der Waals surface area (Å²) < 4.78 is 10.4. The van der Waals surface area contributed by atoms with Gasteiger partial charge in [0.2, 0.25) is 0 Å². The summed E-state index contributed by atoms with van der Waals surface area (Å²) in [7, 11) is 1.51. The van der Waals surface area contributed by atoms with Crippen LogP contribution in [0.3, 0.4) is 0 Å². The molecule has 0 unspecified atom stereocenters. The number of esters is 1. The molecule has 0 atom stereocenters. The molecule has 2 rings (SSSR count). The number of aromatic carboxylic acids is 1. The first-order valence-corrected chi connectivity index (χ1v) is 7.48. The quantitative estimate of drug-likeness (QED) is 0.599. The predicted octanol–water partition coefficient (Wildman–Crippen LogP) is 3.32. The zero-order valence-corrected chi connectivity index (χ0v) is 13.5. The molecule has 2 N–H and O–H groups in total. The molecule has 0 aliphatic carbocycles. The molecule has 0 spiro atoms. The number of ether oxygens (including phenoxy) is 2. The van der Waals surface area contributed by atoms with E-state index in [4.69, 9.17) is 14.6 Å². The van der Waals surface area contributed by atoms with E-state index in [0.29, 0.717) is 23.7 Å². The van der Waals surface area contributed by atoms with Gasteiger partial charge >= 0.3 is 11.9 Å². The van der Waals surface area contributed by atoms with Crippen LogP contribution in [-0.2, 0) is 11.3 Å². The molecule has 0 fully saturated rings. The number of carbonyl (C=O) groups excluding carboxylic acids is 1. The highest BCUT2D eigenvalue weighted by Crippen LogP contribution is 2.28. The highest BCUT2D eigenvalue weighted by Gasteiger charge is 2.10. The van der Waals surface area contributed by atoms with Gasteiger partial charge in [-0.3, -0.25) is 4.79 Å². The number of hydrogen-bond acceptors (Lipinski definition) is 5. The van der Waals surface area contributed by atoms with Gasteiger partial charge in [-0.25, -0.2) is 4.79 Å². The van der Waals surface area contributed by atoms with Crippen molar-refractivity contribution >= 4 is 17.6 Å². The molecular weight excluding hydrogens is 310 g/mol. The van der Waals surface area contributed by atoms with E-state index in [1.165, 1.54) is 13.2 Å². The molecule has 6 nitrogen and oxygen atoms in total. The highest BCUT2D eigenvalue weighted by atomic mass is 16.6. The number of carbonyl (C=O) groups is 2. The van der Waals surface area contributed by atoms with Crippen LogP contribution in [0.2, 0.25) is 0 Å². The monoisotopic (exact) mass is 329 g/mol. The van der Waals surface area contributed by atoms with Crippen molar-refractivity contribution in [1.29, 1.82) is 0 Å². The van der Waals surface area contributed by atoms with Crippen molar-refractivity contribution in [3.8, 4) is 11.5 Å². The van der Waals surface area contributed by atoms with E-state index < -0.39 is 5.97 Å². The second-order valence-corrected chi connectivity index (χ2v) is 5.05. The number of methoxy groups -OCH3 is 1. The molecule has 2 aromatic carbocycles. The molecule has 0 heterocycles. The Labute approximate surface area is 140 Å². The minimum atomic E-state index is -0.970. The average molecular weight is 329 g/mol. The number of anilines is 1. The number of rotatable bonds is 7. The number of carboxylic acids is 1. The van der Waals surface area contributed by atoms with E-state index in [1.54, 1.807) is 37.3 Å². The second-order valence-electron chi connectivity index (χ2n) is 5.05. The smallest absolute Gasteiger partial charge is 0.335 e. The van der Waals surface area contributed by atoms with Crippen molar-refractivity contribution in [3.05, 3.63) is 53.6 Å². The lowest BCUT2D eigenvalue weighted by Crippen LogP contribution is -2.07. The minimum absolute atomic E-state index is 0.222. The van der Waals surface area contributed by atoms with E-state index in [2.05, 4.69) is 5.32 Å². The summed E-state index contributed by atoms with van der Waals surface area (Å²) in [5.74, 6) is -0.455. The number of nitrogens with one attached hydrogen (secondary N) is 1. The normalized spacial score (nSPS) is 10.1. The van der Waals surface area contributed by atoms with Gasteiger partial charge in [0.1, 0.15) is 0 Å². The largest absolute Gasteiger partial charge is 0.493 e. The fraction of sp³-hybridized carbons (Fsp3) is 0.222. The van der Waals surface area contributed by atoms with Crippen LogP contribution in [0, 0.1) is 0 Å². The fourth-order valence-corrected chi connectivity index (χ4v) is 2.07. The van der Waals surface area contributed by atoms with Gasteiger partial charge in [-0.05, 0) is 35.9 Å². The topological polar surface area (TPSA) is 84.9 Å². The number of carboxylic acid groups (broad SMARTS) is 1. The molecule has 6 heteroatoms. The van der Waals surface area contributed by atoms with Crippen LogP contribution < -0.4 is 14.8 Å². The lowest BCUT2D eigenvalue weighted by molar-refractivity contribution is -0.134. The van der Waals surface area contributed by atoms with Crippen molar-refractivity contribution in [2.45, 2.75) is 19.9 Å². The lowest BCUT2D eigenvalue weighted by atomic mass is 10.1. The Morgan fingerprint density at radius 2 is 1.92 bits per heavy atom. The zero-order valence-electron chi connectivity index (χ0n) is 13.5. The van der Waals surface area contributed by atoms with Crippen LogP contribution >= 0.6 is 0 Å². The van der Waals surface area contributed by atoms with Crippen molar-refractivity contribution in [2.75, 3.05) is 12.4 Å². The van der Waals surface area contributed by atoms with E-state index in [-0.39, 0.29) is 18.0 Å². The van der Waals surface area contributed by atoms with E-state index >= 15 is 0 Å². The third-order valence-electron chi connectivity index (χ3n) is 3.35. The molecule has 0 amide bonds. The second kappa shape index (κ2) is 8.01. The van der Waals surface area contributed by atoms with Gasteiger partial charge in [0.15, 0.2) is 11.5 Å². The van der Waals surface area contributed by atoms with Crippen LogP contribution in [0.25, 0.3) is 0 Å². The van der Waals surface area contributed by atoms with Crippen molar-refractivity contribution in [1.82, 2.24) is 0 Å². The molecule has 0 saturated carbocycles. The summed E-state index contributed by atoms with van der Waals surface area (Å²) >= 11 is 0. The predicted molar refractivity (Wildman–Crippen MR) is 89.6 cm³/mol. The first-order chi connectivity index (χ1) is 11.5. The molecule has 2 aromatic rings. The molecule has 0 aliphatic heterocycles. The molecule has 0 saturated heterocycles. The Morgan fingerprint density at radius 3 is 2.58 bits per heavy atom. The Balaban J connectivity index is 2.09. The maximum Gasteiger partial charge on any atom is 0.335 e. The summed E-state index contributed by atoms with van der Waals surface area (Å²) in [6, 6.07) is 11.8. The van der Waals surface area contributed by atoms with Crippen LogP contribution in [0.4, 0.5) is 5.69 Å². The van der Waals surface area contributed by atoms with Gasteiger partial charge in [0.05, 0.1) is 12.7 Å². The van der Waals surface area contributed by atoms with Crippen molar-refractivity contribution in [3.63, 3.8) is 0 Å². The van der Waals surface area contributed by atoms with Crippen LogP contribution in [0.5, 0.6) is 11.5 Å². The Morgan fingerprint density at radius 1 is 1.12 bits per heavy atom. The molecule has 24 heavy (non-hydrogen) atoms. The summed E-state index contributed by atoms with van der Waals surface area (Å²) in [5, 5.41) is 12.2. The SMILES string of the molecule is CCC(=O)Oc1ccc(CNc2cccc(C(=O)O)c2)cc1OC. The molecule has 0 aromatic heterocycles. The summed E-state index contributed by atoms with van der Waals surface area (Å²) in [6.45, 7) is 2.19. The van der Waals surface area contributed by atoms with Crippen molar-refractivity contribution in [2.24, 2.45) is 0 Å². The molecule has 0 radical (unpaired) electrons. The highest BCUT2D eigenvalue weighted by molar-refractivity contribution is 5.88. The minimum Gasteiger partial charge on any atom is -0.493 e. The molecule has 0 bridgehead atoms. The van der Waals surface area contributed by atoms with E-state index in [9.17, 15) is 9.59 Å². The lowest BCUT2D eigenvalue weighted by Gasteiger charge is -2.12. The zero-order chi connectivity index (χ0) is 17.5. The summed E-state index contributed by atoms with van der Waals surface area (Å²) in [4.78, 5) is 22.4. The van der Waals surface area contributed by atoms with Crippen LogP contribution in [-0.4, -0.2) is 24.2 Å². The first kappa shape index (κ1) is 17.3. The fourth-order valence-electron chi connectivity index (χ4n) is 2.07. The molecule has 0 aliphatic rings. The standard InChI is InChI=1S/C18H19NO5/c1-3-17(20)24-15-8-7-12(9-16(15)23-2)11-19-14-6-4-5-13(10-14)18(21)22/h4-10,19H,3,11H2,1-2H3,(H,21,22). The first-order valence-electron chi connectivity index (χ1n) is 7.48. The maximum atomic E-state index is 11.4. The Hall–Kier alpha value is -3.02. The number of benzene rings is 2. The Bertz CT molecular complexity index is 742. The van der Waals surface area contributed by atoms with Crippen molar-refractivity contribution < 1.29 is 24.2 Å². The van der Waals surface area contributed by atoms with Gasteiger partial charge in [-0.1, -0.05) is 19.1 Å². The summed E-state index contributed by atoms with van der Waals surface area (Å²) in [6.07, 6.45) is 0.284.